The first-order valence-electron chi connectivity index (χ1n) is 9.82. The first-order valence-corrected chi connectivity index (χ1v) is 9.82. The van der Waals surface area contributed by atoms with Crippen molar-refractivity contribution in [3.8, 4) is 11.5 Å². The molecule has 1 aliphatic carbocycles. The van der Waals surface area contributed by atoms with Gasteiger partial charge in [-0.25, -0.2) is 0 Å². The van der Waals surface area contributed by atoms with Crippen LogP contribution in [0.5, 0.6) is 11.5 Å². The molecule has 1 heterocycles. The second-order valence-corrected chi connectivity index (χ2v) is 7.86. The monoisotopic (exact) mass is 419 g/mol. The lowest BCUT2D eigenvalue weighted by atomic mass is 9.92. The number of methoxy groups -OCH3 is 2. The summed E-state index contributed by atoms with van der Waals surface area (Å²) in [5.41, 5.74) is 5.36. The van der Waals surface area contributed by atoms with E-state index in [1.54, 1.807) is 25.3 Å². The molecule has 9 heteroatoms. The lowest BCUT2D eigenvalue weighted by Gasteiger charge is -2.40. The van der Waals surface area contributed by atoms with Crippen molar-refractivity contribution in [1.82, 2.24) is 4.90 Å². The first-order chi connectivity index (χ1) is 14.2. The van der Waals surface area contributed by atoms with Gasteiger partial charge in [-0.3, -0.25) is 10.1 Å². The van der Waals surface area contributed by atoms with E-state index in [-0.39, 0.29) is 17.5 Å². The number of hydrogen-bond acceptors (Lipinski definition) is 8. The molecule has 3 rings (SSSR count). The van der Waals surface area contributed by atoms with Crippen LogP contribution in [0.15, 0.2) is 42.2 Å². The Hall–Kier alpha value is -2.62. The molecule has 2 N–H and O–H groups in total. The molecule has 0 bridgehead atoms. The van der Waals surface area contributed by atoms with Crippen LogP contribution in [0.3, 0.4) is 0 Å². The number of hydrogen-bond donors (Lipinski definition) is 1. The third-order valence-electron chi connectivity index (χ3n) is 5.39. The van der Waals surface area contributed by atoms with Gasteiger partial charge in [0.1, 0.15) is 11.5 Å². The molecule has 0 spiro atoms. The standard InChI is InChI=1S/C21H29N3O6/c1-20(22)9-10-21(14-19(20)28-4,29-15-7-11-23(2)12-8-15)30-16-5-6-17(24(25)26)18(13-16)27-3/h5-6,9-10,13-15H,7-8,11-12,22H2,1-4H3. The summed E-state index contributed by atoms with van der Waals surface area (Å²) in [7, 11) is 5.00. The minimum absolute atomic E-state index is 0.0257. The fourth-order valence-corrected chi connectivity index (χ4v) is 3.62. The number of rotatable bonds is 7. The highest BCUT2D eigenvalue weighted by molar-refractivity contribution is 5.51. The summed E-state index contributed by atoms with van der Waals surface area (Å²) >= 11 is 0. The van der Waals surface area contributed by atoms with Crippen LogP contribution in [0.25, 0.3) is 0 Å². The Morgan fingerprint density at radius 1 is 1.20 bits per heavy atom. The SMILES string of the molecule is COC1=CC(Oc2ccc([N+](=O)[O-])c(OC)c2)(OC2CCN(C)CC2)C=CC1(C)N. The molecule has 0 radical (unpaired) electrons. The van der Waals surface area contributed by atoms with Crippen molar-refractivity contribution >= 4 is 5.69 Å². The minimum atomic E-state index is -1.26. The van der Waals surface area contributed by atoms with Gasteiger partial charge in [0, 0.05) is 31.3 Å². The van der Waals surface area contributed by atoms with Gasteiger partial charge < -0.3 is 29.6 Å². The van der Waals surface area contributed by atoms with Crippen molar-refractivity contribution < 1.29 is 23.9 Å². The van der Waals surface area contributed by atoms with Gasteiger partial charge >= 0.3 is 5.69 Å². The van der Waals surface area contributed by atoms with Crippen molar-refractivity contribution in [2.75, 3.05) is 34.4 Å². The first kappa shape index (κ1) is 22.1. The van der Waals surface area contributed by atoms with E-state index in [1.807, 2.05) is 6.92 Å². The van der Waals surface area contributed by atoms with E-state index < -0.39 is 16.2 Å². The molecule has 2 atom stereocenters. The number of likely N-dealkylation sites (tertiary alicyclic amines) is 1. The number of nitrogens with zero attached hydrogens (tertiary/aromatic N) is 2. The second kappa shape index (κ2) is 8.63. The molecule has 30 heavy (non-hydrogen) atoms. The largest absolute Gasteiger partial charge is 0.499 e. The Morgan fingerprint density at radius 2 is 1.90 bits per heavy atom. The predicted molar refractivity (Wildman–Crippen MR) is 111 cm³/mol. The van der Waals surface area contributed by atoms with Gasteiger partial charge in [0.2, 0.25) is 5.75 Å². The number of nitro groups is 1. The zero-order valence-corrected chi connectivity index (χ0v) is 17.8. The molecule has 0 amide bonds. The summed E-state index contributed by atoms with van der Waals surface area (Å²) in [5, 5.41) is 11.2. The summed E-state index contributed by atoms with van der Waals surface area (Å²) in [4.78, 5) is 12.9. The highest BCUT2D eigenvalue weighted by Gasteiger charge is 2.40. The maximum absolute atomic E-state index is 11.2. The highest BCUT2D eigenvalue weighted by Crippen LogP contribution is 2.37. The van der Waals surface area contributed by atoms with Crippen LogP contribution < -0.4 is 15.2 Å². The van der Waals surface area contributed by atoms with Crippen LogP contribution >= 0.6 is 0 Å². The van der Waals surface area contributed by atoms with Gasteiger partial charge in [-0.15, -0.1) is 0 Å². The van der Waals surface area contributed by atoms with Crippen molar-refractivity contribution in [2.24, 2.45) is 5.73 Å². The van der Waals surface area contributed by atoms with Gasteiger partial charge in [0.05, 0.1) is 30.8 Å². The average molecular weight is 419 g/mol. The summed E-state index contributed by atoms with van der Waals surface area (Å²) in [6.07, 6.45) is 6.95. The summed E-state index contributed by atoms with van der Waals surface area (Å²) < 4.78 is 23.3. The summed E-state index contributed by atoms with van der Waals surface area (Å²) in [6, 6.07) is 4.34. The Morgan fingerprint density at radius 3 is 2.50 bits per heavy atom. The van der Waals surface area contributed by atoms with E-state index in [4.69, 9.17) is 24.7 Å². The molecule has 0 saturated carbocycles. The number of piperidine rings is 1. The van der Waals surface area contributed by atoms with E-state index in [1.165, 1.54) is 25.3 Å². The third-order valence-corrected chi connectivity index (χ3v) is 5.39. The number of nitrogens with two attached hydrogens (primary N) is 1. The predicted octanol–water partition coefficient (Wildman–Crippen LogP) is 2.61. The smallest absolute Gasteiger partial charge is 0.311 e. The van der Waals surface area contributed by atoms with Crippen molar-refractivity contribution in [1.29, 1.82) is 0 Å². The molecule has 0 aromatic heterocycles. The molecule has 1 fully saturated rings. The Balaban J connectivity index is 1.94. The normalized spacial score (nSPS) is 27.4. The van der Waals surface area contributed by atoms with E-state index in [2.05, 4.69) is 11.9 Å². The van der Waals surface area contributed by atoms with Gasteiger partial charge in [0.25, 0.3) is 5.79 Å². The van der Waals surface area contributed by atoms with Crippen LogP contribution in [0.4, 0.5) is 5.69 Å². The molecular weight excluding hydrogens is 390 g/mol. The molecule has 1 aliphatic heterocycles. The fraction of sp³-hybridized carbons (Fsp3) is 0.524. The molecule has 2 aliphatic rings. The van der Waals surface area contributed by atoms with Crippen molar-refractivity contribution in [2.45, 2.75) is 37.2 Å². The topological polar surface area (TPSA) is 109 Å². The zero-order valence-electron chi connectivity index (χ0n) is 17.8. The van der Waals surface area contributed by atoms with Gasteiger partial charge in [-0.1, -0.05) is 6.08 Å². The van der Waals surface area contributed by atoms with Crippen LogP contribution in [-0.4, -0.2) is 61.6 Å². The molecule has 164 valence electrons. The van der Waals surface area contributed by atoms with Crippen LogP contribution in [0.1, 0.15) is 19.8 Å². The molecule has 2 unspecified atom stereocenters. The molecule has 1 aromatic carbocycles. The molecular formula is C21H29N3O6. The van der Waals surface area contributed by atoms with Crippen molar-refractivity contribution in [3.63, 3.8) is 0 Å². The number of benzene rings is 1. The Kier molecular flexibility index (Phi) is 6.35. The highest BCUT2D eigenvalue weighted by atomic mass is 16.7. The second-order valence-electron chi connectivity index (χ2n) is 7.86. The Labute approximate surface area is 176 Å². The lowest BCUT2D eigenvalue weighted by molar-refractivity contribution is -0.385. The number of nitro benzene ring substituents is 1. The van der Waals surface area contributed by atoms with Crippen LogP contribution in [0.2, 0.25) is 0 Å². The van der Waals surface area contributed by atoms with Gasteiger partial charge in [-0.05, 0) is 39.0 Å². The maximum atomic E-state index is 11.2. The molecule has 1 saturated heterocycles. The molecule has 9 nitrogen and oxygen atoms in total. The van der Waals surface area contributed by atoms with Gasteiger partial charge in [-0.2, -0.15) is 0 Å². The van der Waals surface area contributed by atoms with Crippen molar-refractivity contribution in [3.05, 3.63) is 52.3 Å². The van der Waals surface area contributed by atoms with Gasteiger partial charge in [0.15, 0.2) is 0 Å². The Bertz CT molecular complexity index is 845. The van der Waals surface area contributed by atoms with E-state index in [0.29, 0.717) is 11.5 Å². The van der Waals surface area contributed by atoms with Crippen LogP contribution in [0, 0.1) is 10.1 Å². The average Bonchev–Trinajstić information content (AvgIpc) is 2.71. The van der Waals surface area contributed by atoms with Crippen LogP contribution in [-0.2, 0) is 9.47 Å². The fourth-order valence-electron chi connectivity index (χ4n) is 3.62. The quantitative estimate of drug-likeness (QED) is 0.311. The third kappa shape index (κ3) is 4.75. The van der Waals surface area contributed by atoms with E-state index >= 15 is 0 Å². The summed E-state index contributed by atoms with van der Waals surface area (Å²) in [6.45, 7) is 3.67. The zero-order chi connectivity index (χ0) is 21.9. The van der Waals surface area contributed by atoms with E-state index in [9.17, 15) is 10.1 Å². The van der Waals surface area contributed by atoms with E-state index in [0.717, 1.165) is 25.9 Å². The summed E-state index contributed by atoms with van der Waals surface area (Å²) in [5.74, 6) is -0.285. The lowest BCUT2D eigenvalue weighted by Crippen LogP contribution is -2.48. The maximum Gasteiger partial charge on any atom is 0.311 e. The minimum Gasteiger partial charge on any atom is -0.499 e. The molecule has 1 aromatic rings. The number of ether oxygens (including phenoxy) is 4.